The summed E-state index contributed by atoms with van der Waals surface area (Å²) in [4.78, 5) is 0. The van der Waals surface area contributed by atoms with Gasteiger partial charge in [0.15, 0.2) is 0 Å². The molecule has 0 aromatic heterocycles. The molecular weight excluding hydrogens is 212 g/mol. The largest absolute Gasteiger partial charge is 0.490 e. The van der Waals surface area contributed by atoms with E-state index >= 15 is 0 Å². The number of rotatable bonds is 3. The first-order chi connectivity index (χ1) is 8.16. The highest BCUT2D eigenvalue weighted by Crippen LogP contribution is 2.26. The van der Waals surface area contributed by atoms with E-state index in [9.17, 15) is 0 Å². The molecule has 1 aliphatic rings. The van der Waals surface area contributed by atoms with Gasteiger partial charge in [-0.2, -0.15) is 0 Å². The van der Waals surface area contributed by atoms with Crippen molar-refractivity contribution in [3.63, 3.8) is 0 Å². The summed E-state index contributed by atoms with van der Waals surface area (Å²) in [6.45, 7) is 2.03. The zero-order valence-corrected chi connectivity index (χ0v) is 10.3. The molecule has 1 aromatic rings. The predicted octanol–water partition coefficient (Wildman–Crippen LogP) is 2.99. The van der Waals surface area contributed by atoms with Gasteiger partial charge in [0, 0.05) is 5.56 Å². The van der Waals surface area contributed by atoms with Crippen LogP contribution in [0.2, 0.25) is 0 Å². The number of nitrogens with one attached hydrogen (secondary N) is 1. The van der Waals surface area contributed by atoms with E-state index in [1.165, 1.54) is 19.3 Å². The molecule has 1 aliphatic carbocycles. The Kier molecular flexibility index (Phi) is 3.67. The van der Waals surface area contributed by atoms with Crippen LogP contribution in [0.5, 0.6) is 5.75 Å². The molecule has 3 nitrogen and oxygen atoms in total. The molecule has 1 fully saturated rings. The molecule has 0 aliphatic heterocycles. The van der Waals surface area contributed by atoms with Gasteiger partial charge in [-0.05, 0) is 44.2 Å². The minimum absolute atomic E-state index is 0.0958. The lowest BCUT2D eigenvalue weighted by atomic mass is 9.97. The number of benzene rings is 1. The third kappa shape index (κ3) is 2.99. The second-order valence-corrected chi connectivity index (χ2v) is 4.77. The maximum absolute atomic E-state index is 7.44. The molecule has 0 amide bonds. The predicted molar refractivity (Wildman–Crippen MR) is 69.7 cm³/mol. The van der Waals surface area contributed by atoms with Crippen LogP contribution in [0.1, 0.15) is 43.2 Å². The Morgan fingerprint density at radius 2 is 2.00 bits per heavy atom. The van der Waals surface area contributed by atoms with E-state index in [0.717, 1.165) is 29.7 Å². The van der Waals surface area contributed by atoms with E-state index < -0.39 is 0 Å². The molecule has 1 aromatic carbocycles. The summed E-state index contributed by atoms with van der Waals surface area (Å²) in [6, 6.07) is 5.71. The van der Waals surface area contributed by atoms with Crippen molar-refractivity contribution in [3.05, 3.63) is 29.3 Å². The highest BCUT2D eigenvalue weighted by Gasteiger charge is 2.16. The lowest BCUT2D eigenvalue weighted by Crippen LogP contribution is -2.20. The van der Waals surface area contributed by atoms with Crippen molar-refractivity contribution in [1.82, 2.24) is 0 Å². The van der Waals surface area contributed by atoms with Gasteiger partial charge in [0.25, 0.3) is 0 Å². The van der Waals surface area contributed by atoms with E-state index in [4.69, 9.17) is 15.9 Å². The van der Waals surface area contributed by atoms with E-state index in [-0.39, 0.29) is 5.84 Å². The summed E-state index contributed by atoms with van der Waals surface area (Å²) < 4.78 is 6.02. The van der Waals surface area contributed by atoms with Gasteiger partial charge in [0.1, 0.15) is 11.6 Å². The number of aryl methyl sites for hydroxylation is 1. The first-order valence-corrected chi connectivity index (χ1v) is 6.28. The van der Waals surface area contributed by atoms with Crippen molar-refractivity contribution in [3.8, 4) is 5.75 Å². The molecular formula is C14H20N2O. The molecule has 17 heavy (non-hydrogen) atoms. The van der Waals surface area contributed by atoms with E-state index in [1.54, 1.807) is 0 Å². The second kappa shape index (κ2) is 5.21. The Hall–Kier alpha value is -1.51. The molecule has 3 N–H and O–H groups in total. The van der Waals surface area contributed by atoms with Crippen molar-refractivity contribution in [2.45, 2.75) is 45.1 Å². The van der Waals surface area contributed by atoms with Gasteiger partial charge in [-0.15, -0.1) is 0 Å². The monoisotopic (exact) mass is 232 g/mol. The van der Waals surface area contributed by atoms with Crippen LogP contribution in [0, 0.1) is 12.3 Å². The first-order valence-electron chi connectivity index (χ1n) is 6.28. The van der Waals surface area contributed by atoms with Crippen molar-refractivity contribution in [2.75, 3.05) is 0 Å². The lowest BCUT2D eigenvalue weighted by Gasteiger charge is -2.24. The third-order valence-corrected chi connectivity index (χ3v) is 3.34. The summed E-state index contributed by atoms with van der Waals surface area (Å²) in [7, 11) is 0. The van der Waals surface area contributed by atoms with Crippen LogP contribution >= 0.6 is 0 Å². The fourth-order valence-corrected chi connectivity index (χ4v) is 2.26. The normalized spacial score (nSPS) is 16.8. The quantitative estimate of drug-likeness (QED) is 0.621. The van der Waals surface area contributed by atoms with Gasteiger partial charge in [-0.1, -0.05) is 18.6 Å². The molecule has 3 heteroatoms. The molecule has 1 saturated carbocycles. The van der Waals surface area contributed by atoms with Gasteiger partial charge in [-0.3, -0.25) is 5.41 Å². The van der Waals surface area contributed by atoms with Crippen LogP contribution in [-0.4, -0.2) is 11.9 Å². The summed E-state index contributed by atoms with van der Waals surface area (Å²) >= 11 is 0. The third-order valence-electron chi connectivity index (χ3n) is 3.34. The van der Waals surface area contributed by atoms with Crippen LogP contribution in [0.15, 0.2) is 18.2 Å². The highest BCUT2D eigenvalue weighted by atomic mass is 16.5. The zero-order valence-electron chi connectivity index (χ0n) is 10.3. The highest BCUT2D eigenvalue weighted by molar-refractivity contribution is 5.95. The summed E-state index contributed by atoms with van der Waals surface area (Å²) in [5.74, 6) is 0.975. The Labute approximate surface area is 102 Å². The number of ether oxygens (including phenoxy) is 1. The number of nitrogens with two attached hydrogens (primary N) is 1. The van der Waals surface area contributed by atoms with Gasteiger partial charge in [0.05, 0.1) is 6.10 Å². The van der Waals surface area contributed by atoms with E-state index in [1.807, 2.05) is 25.1 Å². The van der Waals surface area contributed by atoms with Gasteiger partial charge >= 0.3 is 0 Å². The van der Waals surface area contributed by atoms with Gasteiger partial charge in [-0.25, -0.2) is 0 Å². The van der Waals surface area contributed by atoms with Crippen molar-refractivity contribution < 1.29 is 4.74 Å². The summed E-state index contributed by atoms with van der Waals surface area (Å²) in [6.07, 6.45) is 6.47. The average molecular weight is 232 g/mol. The SMILES string of the molecule is Cc1ccc(C(=N)N)cc1OC1CCCCC1. The zero-order chi connectivity index (χ0) is 12.3. The Morgan fingerprint density at radius 3 is 2.65 bits per heavy atom. The fourth-order valence-electron chi connectivity index (χ4n) is 2.26. The molecule has 0 saturated heterocycles. The standard InChI is InChI=1S/C14H20N2O/c1-10-7-8-11(14(15)16)9-13(10)17-12-5-3-2-4-6-12/h7-9,12H,2-6H2,1H3,(H3,15,16). The molecule has 0 radical (unpaired) electrons. The maximum Gasteiger partial charge on any atom is 0.123 e. The fraction of sp³-hybridized carbons (Fsp3) is 0.500. The Morgan fingerprint density at radius 1 is 1.29 bits per heavy atom. The first kappa shape index (κ1) is 12.0. The molecule has 92 valence electrons. The van der Waals surface area contributed by atoms with Gasteiger partial charge in [0.2, 0.25) is 0 Å². The topological polar surface area (TPSA) is 59.1 Å². The second-order valence-electron chi connectivity index (χ2n) is 4.77. The lowest BCUT2D eigenvalue weighted by molar-refractivity contribution is 0.154. The van der Waals surface area contributed by atoms with Crippen LogP contribution in [0.4, 0.5) is 0 Å². The number of nitrogen functional groups attached to an aromatic ring is 1. The minimum Gasteiger partial charge on any atom is -0.490 e. The van der Waals surface area contributed by atoms with Crippen LogP contribution < -0.4 is 10.5 Å². The number of hydrogen-bond donors (Lipinski definition) is 2. The molecule has 0 atom stereocenters. The summed E-state index contributed by atoms with van der Waals surface area (Å²) in [5.41, 5.74) is 7.34. The number of hydrogen-bond acceptors (Lipinski definition) is 2. The molecule has 2 rings (SSSR count). The van der Waals surface area contributed by atoms with Crippen LogP contribution in [-0.2, 0) is 0 Å². The maximum atomic E-state index is 7.44. The van der Waals surface area contributed by atoms with E-state index in [0.29, 0.717) is 6.10 Å². The van der Waals surface area contributed by atoms with Crippen molar-refractivity contribution >= 4 is 5.84 Å². The van der Waals surface area contributed by atoms with Crippen molar-refractivity contribution in [1.29, 1.82) is 5.41 Å². The Bertz CT molecular complexity index is 409. The van der Waals surface area contributed by atoms with Crippen molar-refractivity contribution in [2.24, 2.45) is 5.73 Å². The van der Waals surface area contributed by atoms with Gasteiger partial charge < -0.3 is 10.5 Å². The van der Waals surface area contributed by atoms with E-state index in [2.05, 4.69) is 0 Å². The molecule has 0 spiro atoms. The molecule has 0 unspecified atom stereocenters. The minimum atomic E-state index is 0.0958. The van der Waals surface area contributed by atoms with Crippen LogP contribution in [0.3, 0.4) is 0 Å². The smallest absolute Gasteiger partial charge is 0.123 e. The number of amidine groups is 1. The molecule has 0 heterocycles. The van der Waals surface area contributed by atoms with Crippen LogP contribution in [0.25, 0.3) is 0 Å². The average Bonchev–Trinajstić information content (AvgIpc) is 2.33. The molecule has 0 bridgehead atoms. The summed E-state index contributed by atoms with van der Waals surface area (Å²) in [5, 5.41) is 7.44. The Balaban J connectivity index is 2.13.